The van der Waals surface area contributed by atoms with Crippen molar-refractivity contribution in [3.8, 4) is 16.8 Å². The van der Waals surface area contributed by atoms with Gasteiger partial charge in [-0.2, -0.15) is 0 Å². The van der Waals surface area contributed by atoms with E-state index in [2.05, 4.69) is 179 Å². The first kappa shape index (κ1) is 23.4. The summed E-state index contributed by atoms with van der Waals surface area (Å²) in [5.74, 6) is 0. The van der Waals surface area contributed by atoms with E-state index in [0.29, 0.717) is 0 Å². The van der Waals surface area contributed by atoms with Crippen molar-refractivity contribution >= 4 is 33.1 Å². The van der Waals surface area contributed by atoms with Crippen molar-refractivity contribution in [2.45, 2.75) is 0 Å². The molecular weight excluding hydrogens is 498 g/mol. The van der Waals surface area contributed by atoms with Crippen molar-refractivity contribution in [2.75, 3.05) is 0 Å². The highest BCUT2D eigenvalue weighted by Crippen LogP contribution is 2.35. The molecule has 0 atom stereocenters. The first-order valence-electron chi connectivity index (χ1n) is 13.9. The smallest absolute Gasteiger partial charge is 0.0708 e. The van der Waals surface area contributed by atoms with Gasteiger partial charge in [-0.15, -0.1) is 0 Å². The molecule has 0 amide bonds. The summed E-state index contributed by atoms with van der Waals surface area (Å²) in [5.41, 5.74) is 10.7. The normalized spacial score (nSPS) is 14.3. The van der Waals surface area contributed by atoms with E-state index < -0.39 is 0 Å². The van der Waals surface area contributed by atoms with Crippen LogP contribution >= 0.6 is 0 Å². The Hall–Kier alpha value is -5.54. The van der Waals surface area contributed by atoms with Gasteiger partial charge in [0.2, 0.25) is 0 Å². The topological polar surface area (TPSA) is 11.4 Å². The molecule has 1 aromatic heterocycles. The van der Waals surface area contributed by atoms with Crippen molar-refractivity contribution < 1.29 is 0 Å². The molecule has 3 heterocycles. The van der Waals surface area contributed by atoms with Crippen LogP contribution in [-0.2, 0) is 0 Å². The maximum absolute atomic E-state index is 2.36. The van der Waals surface area contributed by atoms with Gasteiger partial charge in [-0.3, -0.25) is 10.0 Å². The second-order valence-electron chi connectivity index (χ2n) is 10.4. The highest BCUT2D eigenvalue weighted by Gasteiger charge is 2.21. The lowest BCUT2D eigenvalue weighted by molar-refractivity contribution is 0.213. The Morgan fingerprint density at radius 1 is 0.439 bits per heavy atom. The third-order valence-electron chi connectivity index (χ3n) is 7.96. The minimum Gasteiger partial charge on any atom is -0.309 e. The molecule has 3 heteroatoms. The Balaban J connectivity index is 1.13. The number of hydrogen-bond acceptors (Lipinski definition) is 2. The highest BCUT2D eigenvalue weighted by atomic mass is 15.6. The molecule has 0 radical (unpaired) electrons. The number of aromatic nitrogens is 1. The summed E-state index contributed by atoms with van der Waals surface area (Å²) in [5, 5.41) is 6.88. The SMILES string of the molecule is C1=CN2C=C(c3ccccc3)C=C(c3ccc(-c4ccc(-n5c6ccccc6c6ccccc65)cc4)cc3)N2C=C1. The fourth-order valence-electron chi connectivity index (χ4n) is 5.96. The van der Waals surface area contributed by atoms with Gasteiger partial charge in [0.05, 0.1) is 16.7 Å². The van der Waals surface area contributed by atoms with E-state index in [4.69, 9.17) is 0 Å². The standard InChI is InChI=1S/C38H27N3/c1-2-10-28(11-3-1)32-26-38(40-25-9-8-24-39(40)27-32)31-18-16-29(17-19-31)30-20-22-33(23-21-30)41-36-14-6-4-12-34(36)35-13-5-7-15-37(35)41/h1-27H. The van der Waals surface area contributed by atoms with Gasteiger partial charge in [-0.1, -0.05) is 103 Å². The zero-order chi connectivity index (χ0) is 27.2. The van der Waals surface area contributed by atoms with Crippen LogP contribution in [0.15, 0.2) is 164 Å². The monoisotopic (exact) mass is 525 g/mol. The molecule has 0 aliphatic carbocycles. The van der Waals surface area contributed by atoms with Crippen LogP contribution in [0, 0.1) is 0 Å². The Bertz CT molecular complexity index is 1970. The average Bonchev–Trinajstić information content (AvgIpc) is 3.39. The summed E-state index contributed by atoms with van der Waals surface area (Å²) < 4.78 is 2.36. The van der Waals surface area contributed by atoms with Crippen molar-refractivity contribution in [1.29, 1.82) is 0 Å². The molecule has 0 spiro atoms. The van der Waals surface area contributed by atoms with E-state index >= 15 is 0 Å². The molecule has 6 aromatic rings. The predicted octanol–water partition coefficient (Wildman–Crippen LogP) is 9.41. The number of benzene rings is 5. The molecule has 0 N–H and O–H groups in total. The summed E-state index contributed by atoms with van der Waals surface area (Å²) >= 11 is 0. The second-order valence-corrected chi connectivity index (χ2v) is 10.4. The molecule has 194 valence electrons. The molecule has 5 aromatic carbocycles. The van der Waals surface area contributed by atoms with Crippen molar-refractivity contribution in [1.82, 2.24) is 14.6 Å². The zero-order valence-corrected chi connectivity index (χ0v) is 22.4. The summed E-state index contributed by atoms with van der Waals surface area (Å²) in [6.45, 7) is 0. The van der Waals surface area contributed by atoms with Gasteiger partial charge in [0, 0.05) is 46.2 Å². The lowest BCUT2D eigenvalue weighted by Gasteiger charge is -2.37. The van der Waals surface area contributed by atoms with Crippen LogP contribution in [0.2, 0.25) is 0 Å². The molecule has 0 bridgehead atoms. The number of para-hydroxylation sites is 2. The Kier molecular flexibility index (Phi) is 5.46. The largest absolute Gasteiger partial charge is 0.309 e. The molecular formula is C38H27N3. The van der Waals surface area contributed by atoms with Crippen LogP contribution in [0.3, 0.4) is 0 Å². The van der Waals surface area contributed by atoms with Gasteiger partial charge in [0.25, 0.3) is 0 Å². The number of hydrazine groups is 1. The molecule has 3 nitrogen and oxygen atoms in total. The van der Waals surface area contributed by atoms with Gasteiger partial charge >= 0.3 is 0 Å². The molecule has 0 saturated heterocycles. The maximum Gasteiger partial charge on any atom is 0.0708 e. The maximum atomic E-state index is 2.36. The Morgan fingerprint density at radius 3 is 1.68 bits per heavy atom. The van der Waals surface area contributed by atoms with E-state index in [1.807, 2.05) is 0 Å². The molecule has 0 saturated carbocycles. The molecule has 0 fully saturated rings. The van der Waals surface area contributed by atoms with Gasteiger partial charge in [0.15, 0.2) is 0 Å². The molecule has 8 rings (SSSR count). The van der Waals surface area contributed by atoms with Gasteiger partial charge in [0.1, 0.15) is 0 Å². The molecule has 0 unspecified atom stereocenters. The van der Waals surface area contributed by atoms with E-state index in [0.717, 1.165) is 5.70 Å². The zero-order valence-electron chi connectivity index (χ0n) is 22.4. The second kappa shape index (κ2) is 9.58. The highest BCUT2D eigenvalue weighted by molar-refractivity contribution is 6.09. The van der Waals surface area contributed by atoms with E-state index in [9.17, 15) is 0 Å². The summed E-state index contributed by atoms with van der Waals surface area (Å²) in [4.78, 5) is 0. The quantitative estimate of drug-likeness (QED) is 0.227. The fourth-order valence-corrected chi connectivity index (χ4v) is 5.96. The first-order valence-corrected chi connectivity index (χ1v) is 13.9. The van der Waals surface area contributed by atoms with E-state index in [1.54, 1.807) is 0 Å². The fraction of sp³-hybridized carbons (Fsp3) is 0. The Morgan fingerprint density at radius 2 is 1.00 bits per heavy atom. The third-order valence-corrected chi connectivity index (χ3v) is 7.96. The minimum atomic E-state index is 1.14. The van der Waals surface area contributed by atoms with Crippen molar-refractivity contribution in [3.05, 3.63) is 175 Å². The summed E-state index contributed by atoms with van der Waals surface area (Å²) in [6.07, 6.45) is 12.8. The van der Waals surface area contributed by atoms with Crippen LogP contribution in [0.5, 0.6) is 0 Å². The van der Waals surface area contributed by atoms with E-state index in [1.165, 1.54) is 55.3 Å². The summed E-state index contributed by atoms with van der Waals surface area (Å²) in [7, 11) is 0. The van der Waals surface area contributed by atoms with Crippen LogP contribution in [0.1, 0.15) is 11.1 Å². The number of fused-ring (bicyclic) bond motifs is 4. The van der Waals surface area contributed by atoms with Gasteiger partial charge in [-0.25, -0.2) is 0 Å². The van der Waals surface area contributed by atoms with Crippen LogP contribution in [-0.4, -0.2) is 14.6 Å². The van der Waals surface area contributed by atoms with Crippen LogP contribution in [0.4, 0.5) is 0 Å². The number of nitrogens with zero attached hydrogens (tertiary/aromatic N) is 3. The minimum absolute atomic E-state index is 1.14. The third kappa shape index (κ3) is 3.98. The average molecular weight is 526 g/mol. The predicted molar refractivity (Wildman–Crippen MR) is 171 cm³/mol. The van der Waals surface area contributed by atoms with E-state index in [-0.39, 0.29) is 0 Å². The van der Waals surface area contributed by atoms with Crippen molar-refractivity contribution in [3.63, 3.8) is 0 Å². The molecule has 2 aliphatic rings. The summed E-state index contributed by atoms with van der Waals surface area (Å²) in [6, 6.07) is 45.6. The number of hydrogen-bond donors (Lipinski definition) is 0. The Labute approximate surface area is 239 Å². The van der Waals surface area contributed by atoms with Crippen molar-refractivity contribution in [2.24, 2.45) is 0 Å². The van der Waals surface area contributed by atoms with Crippen LogP contribution in [0.25, 0.3) is 49.9 Å². The van der Waals surface area contributed by atoms with Crippen LogP contribution < -0.4 is 0 Å². The number of allylic oxidation sites excluding steroid dienone is 4. The molecule has 2 aliphatic heterocycles. The number of rotatable bonds is 4. The molecule has 41 heavy (non-hydrogen) atoms. The lowest BCUT2D eigenvalue weighted by atomic mass is 9.99. The van der Waals surface area contributed by atoms with Gasteiger partial charge < -0.3 is 4.57 Å². The first-order chi connectivity index (χ1) is 20.3. The van der Waals surface area contributed by atoms with Gasteiger partial charge in [-0.05, 0) is 59.2 Å². The lowest BCUT2D eigenvalue weighted by Crippen LogP contribution is -2.33.